The van der Waals surface area contributed by atoms with Crippen LogP contribution in [0.3, 0.4) is 0 Å². The third-order valence-corrected chi connectivity index (χ3v) is 4.43. The summed E-state index contributed by atoms with van der Waals surface area (Å²) in [6, 6.07) is 8.83. The van der Waals surface area contributed by atoms with Gasteiger partial charge in [-0.25, -0.2) is 0 Å². The van der Waals surface area contributed by atoms with Gasteiger partial charge in [-0.3, -0.25) is 5.10 Å². The number of benzene rings is 1. The minimum absolute atomic E-state index is 0.0906. The maximum absolute atomic E-state index is 5.41. The molecule has 2 N–H and O–H groups in total. The highest BCUT2D eigenvalue weighted by Crippen LogP contribution is 2.23. The van der Waals surface area contributed by atoms with E-state index < -0.39 is 0 Å². The lowest BCUT2D eigenvalue weighted by Gasteiger charge is -2.28. The molecule has 1 aromatic carbocycles. The molecule has 2 heterocycles. The van der Waals surface area contributed by atoms with Gasteiger partial charge in [0.1, 0.15) is 0 Å². The second-order valence-corrected chi connectivity index (χ2v) is 7.39. The van der Waals surface area contributed by atoms with Crippen molar-refractivity contribution in [3.05, 3.63) is 47.3 Å². The van der Waals surface area contributed by atoms with E-state index in [-0.39, 0.29) is 5.41 Å². The molecule has 3 rings (SSSR count). The predicted molar refractivity (Wildman–Crippen MR) is 97.3 cm³/mol. The maximum Gasteiger partial charge on any atom is 0.0642 e. The predicted octanol–water partition coefficient (Wildman–Crippen LogP) is 2.83. The molecule has 0 radical (unpaired) electrons. The third kappa shape index (κ3) is 4.16. The van der Waals surface area contributed by atoms with Crippen LogP contribution in [0.4, 0.5) is 5.69 Å². The Morgan fingerprint density at radius 3 is 2.50 bits per heavy atom. The summed E-state index contributed by atoms with van der Waals surface area (Å²) in [4.78, 5) is 2.38. The molecule has 1 saturated heterocycles. The van der Waals surface area contributed by atoms with Gasteiger partial charge in [0.25, 0.3) is 0 Å². The van der Waals surface area contributed by atoms with Crippen LogP contribution in [0.15, 0.2) is 30.5 Å². The largest absolute Gasteiger partial charge is 0.378 e. The van der Waals surface area contributed by atoms with Gasteiger partial charge in [0.05, 0.1) is 19.4 Å². The molecule has 0 spiro atoms. The summed E-state index contributed by atoms with van der Waals surface area (Å²) in [6.45, 7) is 11.9. The number of hydrogen-bond donors (Lipinski definition) is 2. The molecule has 5 heteroatoms. The van der Waals surface area contributed by atoms with Crippen LogP contribution < -0.4 is 10.2 Å². The van der Waals surface area contributed by atoms with E-state index in [1.54, 1.807) is 0 Å². The van der Waals surface area contributed by atoms with Gasteiger partial charge in [0.15, 0.2) is 0 Å². The summed E-state index contributed by atoms with van der Waals surface area (Å²) >= 11 is 0. The highest BCUT2D eigenvalue weighted by atomic mass is 16.5. The van der Waals surface area contributed by atoms with Crippen molar-refractivity contribution >= 4 is 5.69 Å². The Labute approximate surface area is 144 Å². The molecule has 0 unspecified atom stereocenters. The fourth-order valence-corrected chi connectivity index (χ4v) is 3.08. The fraction of sp³-hybridized carbons (Fsp3) is 0.526. The third-order valence-electron chi connectivity index (χ3n) is 4.43. The topological polar surface area (TPSA) is 53.2 Å². The Bertz CT molecular complexity index is 636. The molecule has 0 atom stereocenters. The molecular weight excluding hydrogens is 300 g/mol. The monoisotopic (exact) mass is 328 g/mol. The van der Waals surface area contributed by atoms with Crippen LogP contribution in [0.2, 0.25) is 0 Å². The smallest absolute Gasteiger partial charge is 0.0642 e. The number of aromatic nitrogens is 2. The van der Waals surface area contributed by atoms with E-state index in [9.17, 15) is 0 Å². The number of morpholine rings is 1. The van der Waals surface area contributed by atoms with Crippen molar-refractivity contribution in [2.75, 3.05) is 31.2 Å². The van der Waals surface area contributed by atoms with Crippen molar-refractivity contribution in [2.24, 2.45) is 0 Å². The molecule has 1 fully saturated rings. The highest BCUT2D eigenvalue weighted by Gasteiger charge is 2.19. The molecule has 130 valence electrons. The van der Waals surface area contributed by atoms with E-state index >= 15 is 0 Å². The van der Waals surface area contributed by atoms with Crippen molar-refractivity contribution in [1.82, 2.24) is 15.5 Å². The number of nitrogens with one attached hydrogen (secondary N) is 2. The highest BCUT2D eigenvalue weighted by molar-refractivity contribution is 5.47. The second-order valence-electron chi connectivity index (χ2n) is 7.39. The van der Waals surface area contributed by atoms with Crippen LogP contribution in [0.25, 0.3) is 0 Å². The van der Waals surface area contributed by atoms with E-state index in [0.29, 0.717) is 0 Å². The molecule has 0 bridgehead atoms. The summed E-state index contributed by atoms with van der Waals surface area (Å²) in [5.41, 5.74) is 5.12. The van der Waals surface area contributed by atoms with Gasteiger partial charge in [-0.1, -0.05) is 32.9 Å². The van der Waals surface area contributed by atoms with E-state index in [0.717, 1.165) is 39.4 Å². The lowest BCUT2D eigenvalue weighted by molar-refractivity contribution is 0.122. The first-order valence-electron chi connectivity index (χ1n) is 8.69. The first-order valence-corrected chi connectivity index (χ1v) is 8.69. The number of ether oxygens (including phenoxy) is 1. The summed E-state index contributed by atoms with van der Waals surface area (Å²) in [7, 11) is 0. The van der Waals surface area contributed by atoms with Gasteiger partial charge >= 0.3 is 0 Å². The van der Waals surface area contributed by atoms with E-state index in [4.69, 9.17) is 4.74 Å². The van der Waals surface area contributed by atoms with Crippen LogP contribution in [-0.2, 0) is 23.2 Å². The molecule has 1 aliphatic heterocycles. The first kappa shape index (κ1) is 17.0. The summed E-state index contributed by atoms with van der Waals surface area (Å²) in [6.07, 6.45) is 1.93. The minimum atomic E-state index is 0.0906. The van der Waals surface area contributed by atoms with Crippen LogP contribution in [0.1, 0.15) is 37.6 Å². The summed E-state index contributed by atoms with van der Waals surface area (Å²) in [5, 5.41) is 10.9. The standard InChI is InChI=1S/C19H28N4O/c1-19(2,3)18-16(14-21-22-18)13-20-12-15-4-6-17(7-5-15)23-8-10-24-11-9-23/h4-7,14,20H,8-13H2,1-3H3,(H,21,22). The normalized spacial score (nSPS) is 15.7. The Balaban J connectivity index is 1.53. The SMILES string of the molecule is CC(C)(C)c1[nH]ncc1CNCc1ccc(N2CCOCC2)cc1. The van der Waals surface area contributed by atoms with Crippen molar-refractivity contribution in [1.29, 1.82) is 0 Å². The number of nitrogens with zero attached hydrogens (tertiary/aromatic N) is 2. The zero-order valence-corrected chi connectivity index (χ0v) is 14.9. The van der Waals surface area contributed by atoms with Gasteiger partial charge < -0.3 is 15.0 Å². The number of H-pyrrole nitrogens is 1. The fourth-order valence-electron chi connectivity index (χ4n) is 3.08. The zero-order valence-electron chi connectivity index (χ0n) is 14.9. The van der Waals surface area contributed by atoms with Crippen LogP contribution in [0, 0.1) is 0 Å². The quantitative estimate of drug-likeness (QED) is 0.886. The molecule has 1 aliphatic rings. The Hall–Kier alpha value is -1.85. The Morgan fingerprint density at radius 1 is 1.12 bits per heavy atom. The van der Waals surface area contributed by atoms with E-state index in [1.165, 1.54) is 22.5 Å². The van der Waals surface area contributed by atoms with Gasteiger partial charge in [-0.15, -0.1) is 0 Å². The van der Waals surface area contributed by atoms with Crippen LogP contribution in [-0.4, -0.2) is 36.5 Å². The minimum Gasteiger partial charge on any atom is -0.378 e. The Morgan fingerprint density at radius 2 is 1.83 bits per heavy atom. The van der Waals surface area contributed by atoms with Gasteiger partial charge in [-0.2, -0.15) is 5.10 Å². The number of aromatic amines is 1. The molecule has 0 aliphatic carbocycles. The van der Waals surface area contributed by atoms with Crippen molar-refractivity contribution in [3.8, 4) is 0 Å². The van der Waals surface area contributed by atoms with Gasteiger partial charge in [0, 0.05) is 48.5 Å². The average molecular weight is 328 g/mol. The average Bonchev–Trinajstić information content (AvgIpc) is 3.05. The summed E-state index contributed by atoms with van der Waals surface area (Å²) < 4.78 is 5.41. The lowest BCUT2D eigenvalue weighted by atomic mass is 9.89. The molecule has 1 aromatic heterocycles. The van der Waals surface area contributed by atoms with Crippen LogP contribution >= 0.6 is 0 Å². The molecule has 2 aromatic rings. The number of hydrogen-bond acceptors (Lipinski definition) is 4. The molecule has 24 heavy (non-hydrogen) atoms. The van der Waals surface area contributed by atoms with Gasteiger partial charge in [-0.05, 0) is 17.7 Å². The summed E-state index contributed by atoms with van der Waals surface area (Å²) in [5.74, 6) is 0. The Kier molecular flexibility index (Phi) is 5.21. The zero-order chi connectivity index (χ0) is 17.0. The van der Waals surface area contributed by atoms with Crippen molar-refractivity contribution in [2.45, 2.75) is 39.3 Å². The van der Waals surface area contributed by atoms with Crippen molar-refractivity contribution in [3.63, 3.8) is 0 Å². The van der Waals surface area contributed by atoms with E-state index in [2.05, 4.69) is 65.5 Å². The number of anilines is 1. The molecular formula is C19H28N4O. The van der Waals surface area contributed by atoms with Crippen molar-refractivity contribution < 1.29 is 4.74 Å². The number of rotatable bonds is 5. The van der Waals surface area contributed by atoms with Gasteiger partial charge in [0.2, 0.25) is 0 Å². The maximum atomic E-state index is 5.41. The van der Waals surface area contributed by atoms with E-state index in [1.807, 2.05) is 6.20 Å². The van der Waals surface area contributed by atoms with Crippen LogP contribution in [0.5, 0.6) is 0 Å². The second kappa shape index (κ2) is 7.36. The molecule has 0 saturated carbocycles. The molecule has 5 nitrogen and oxygen atoms in total. The lowest BCUT2D eigenvalue weighted by Crippen LogP contribution is -2.36. The first-order chi connectivity index (χ1) is 11.5. The molecule has 0 amide bonds.